The number of benzene rings is 2. The maximum absolute atomic E-state index is 13.4. The minimum atomic E-state index is -0.975. The third-order valence-electron chi connectivity index (χ3n) is 9.21. The number of methoxy groups -OCH3 is 1. The first-order chi connectivity index (χ1) is 22.4. The summed E-state index contributed by atoms with van der Waals surface area (Å²) in [4.78, 5) is 20.7. The van der Waals surface area contributed by atoms with Gasteiger partial charge in [-0.25, -0.2) is 9.78 Å². The summed E-state index contributed by atoms with van der Waals surface area (Å²) in [5.41, 5.74) is 5.08. The van der Waals surface area contributed by atoms with Crippen LogP contribution < -0.4 is 9.64 Å². The molecule has 2 atom stereocenters. The van der Waals surface area contributed by atoms with Crippen molar-refractivity contribution in [1.82, 2.24) is 14.6 Å². The van der Waals surface area contributed by atoms with Gasteiger partial charge in [-0.1, -0.05) is 36.4 Å². The molecule has 0 N–H and O–H groups in total. The molecule has 3 aliphatic heterocycles. The number of hydrogen-bond acceptors (Lipinski definition) is 8. The second kappa shape index (κ2) is 13.3. The fourth-order valence-electron chi connectivity index (χ4n) is 6.67. The van der Waals surface area contributed by atoms with Gasteiger partial charge in [-0.3, -0.25) is 0 Å². The fraction of sp³-hybridized carbons (Fsp3) is 0.500. The number of piperidine rings is 1. The SMILES string of the molecule is COC(=O)C(OC(C)(C)C)c1c(C)nc2cc3nn2c1N1CCC(C)(CC1)OCCCCC(C)Oc1ccccc1-c1cccc-3c1. The Labute approximate surface area is 278 Å². The first kappa shape index (κ1) is 33.0. The van der Waals surface area contributed by atoms with Gasteiger partial charge in [0.1, 0.15) is 11.6 Å². The van der Waals surface area contributed by atoms with Crippen molar-refractivity contribution in [3.63, 3.8) is 0 Å². The molecule has 0 radical (unpaired) electrons. The van der Waals surface area contributed by atoms with E-state index in [0.717, 1.165) is 79.1 Å². The molecule has 2 aromatic heterocycles. The third-order valence-corrected chi connectivity index (χ3v) is 9.21. The largest absolute Gasteiger partial charge is 0.490 e. The van der Waals surface area contributed by atoms with Crippen molar-refractivity contribution in [2.45, 2.75) is 97.1 Å². The van der Waals surface area contributed by atoms with Crippen molar-refractivity contribution in [3.05, 3.63) is 65.9 Å². The highest BCUT2D eigenvalue weighted by molar-refractivity contribution is 5.81. The van der Waals surface area contributed by atoms with Gasteiger partial charge in [-0.05, 0) is 91.3 Å². The Balaban J connectivity index is 1.53. The Kier molecular flexibility index (Phi) is 9.31. The highest BCUT2D eigenvalue weighted by atomic mass is 16.6. The van der Waals surface area contributed by atoms with Crippen LogP contribution in [-0.2, 0) is 19.0 Å². The van der Waals surface area contributed by atoms with E-state index in [1.54, 1.807) is 0 Å². The van der Waals surface area contributed by atoms with Crippen LogP contribution in [0.1, 0.15) is 84.1 Å². The number of nitrogens with zero attached hydrogens (tertiary/aromatic N) is 4. The molecule has 9 heteroatoms. The number of hydrogen-bond donors (Lipinski definition) is 0. The smallest absolute Gasteiger partial charge is 0.339 e. The molecule has 0 amide bonds. The average molecular weight is 641 g/mol. The van der Waals surface area contributed by atoms with Gasteiger partial charge in [0.2, 0.25) is 0 Å². The van der Waals surface area contributed by atoms with E-state index in [1.165, 1.54) is 7.11 Å². The lowest BCUT2D eigenvalue weighted by molar-refractivity contribution is -0.164. The summed E-state index contributed by atoms with van der Waals surface area (Å²) < 4.78 is 26.6. The van der Waals surface area contributed by atoms with Gasteiger partial charge in [-0.15, -0.1) is 0 Å². The zero-order chi connectivity index (χ0) is 33.3. The van der Waals surface area contributed by atoms with E-state index in [4.69, 9.17) is 29.0 Å². The summed E-state index contributed by atoms with van der Waals surface area (Å²) >= 11 is 0. The van der Waals surface area contributed by atoms with Crippen molar-refractivity contribution < 1.29 is 23.7 Å². The lowest BCUT2D eigenvalue weighted by Crippen LogP contribution is -2.46. The Bertz CT molecular complexity index is 1730. The minimum absolute atomic E-state index is 0.0835. The van der Waals surface area contributed by atoms with E-state index >= 15 is 0 Å². The van der Waals surface area contributed by atoms with Crippen molar-refractivity contribution in [2.24, 2.45) is 0 Å². The maximum Gasteiger partial charge on any atom is 0.339 e. The monoisotopic (exact) mass is 640 g/mol. The van der Waals surface area contributed by atoms with Gasteiger partial charge in [0, 0.05) is 42.6 Å². The molecule has 0 saturated carbocycles. The van der Waals surface area contributed by atoms with Crippen LogP contribution in [-0.4, -0.2) is 64.7 Å². The highest BCUT2D eigenvalue weighted by Gasteiger charge is 2.38. The maximum atomic E-state index is 13.4. The van der Waals surface area contributed by atoms with Crippen LogP contribution in [0.25, 0.3) is 28.0 Å². The molecule has 2 aromatic carbocycles. The molecule has 7 rings (SSSR count). The summed E-state index contributed by atoms with van der Waals surface area (Å²) in [6.45, 7) is 14.3. The van der Waals surface area contributed by atoms with E-state index in [9.17, 15) is 4.79 Å². The Morgan fingerprint density at radius 1 is 1.04 bits per heavy atom. The predicted molar refractivity (Wildman–Crippen MR) is 184 cm³/mol. The molecule has 47 heavy (non-hydrogen) atoms. The normalized spacial score (nSPS) is 21.3. The zero-order valence-electron chi connectivity index (χ0n) is 28.8. The van der Waals surface area contributed by atoms with E-state index in [-0.39, 0.29) is 11.7 Å². The molecule has 250 valence electrons. The van der Waals surface area contributed by atoms with Crippen molar-refractivity contribution >= 4 is 17.4 Å². The molecule has 0 aliphatic carbocycles. The Hall–Kier alpha value is -3.95. The quantitative estimate of drug-likeness (QED) is 0.210. The average Bonchev–Trinajstić information content (AvgIpc) is 3.46. The first-order valence-electron chi connectivity index (χ1n) is 16.9. The van der Waals surface area contributed by atoms with Crippen LogP contribution in [0.15, 0.2) is 54.6 Å². The van der Waals surface area contributed by atoms with E-state index in [0.29, 0.717) is 23.5 Å². The number of ether oxygens (including phenoxy) is 4. The predicted octanol–water partition coefficient (Wildman–Crippen LogP) is 7.73. The molecule has 3 aliphatic rings. The van der Waals surface area contributed by atoms with Crippen molar-refractivity contribution in [1.29, 1.82) is 0 Å². The number of para-hydroxylation sites is 1. The lowest BCUT2D eigenvalue weighted by atomic mass is 9.92. The molecule has 1 fully saturated rings. The molecule has 4 aromatic rings. The second-order valence-corrected chi connectivity index (χ2v) is 14.2. The molecule has 2 unspecified atom stereocenters. The van der Waals surface area contributed by atoms with Gasteiger partial charge >= 0.3 is 5.97 Å². The van der Waals surface area contributed by atoms with Gasteiger partial charge in [0.05, 0.1) is 35.7 Å². The van der Waals surface area contributed by atoms with Crippen LogP contribution in [0, 0.1) is 6.92 Å². The summed E-state index contributed by atoms with van der Waals surface area (Å²) in [6, 6.07) is 18.6. The number of rotatable bonds is 3. The lowest BCUT2D eigenvalue weighted by Gasteiger charge is -2.41. The molecule has 6 bridgehead atoms. The first-order valence-corrected chi connectivity index (χ1v) is 16.9. The molecule has 0 spiro atoms. The van der Waals surface area contributed by atoms with Gasteiger partial charge in [0.25, 0.3) is 0 Å². The number of anilines is 1. The molecule has 9 nitrogen and oxygen atoms in total. The van der Waals surface area contributed by atoms with Crippen LogP contribution in [0.4, 0.5) is 5.82 Å². The fourth-order valence-corrected chi connectivity index (χ4v) is 6.67. The van der Waals surface area contributed by atoms with Crippen LogP contribution >= 0.6 is 0 Å². The summed E-state index contributed by atoms with van der Waals surface area (Å²) in [5.74, 6) is 1.21. The van der Waals surface area contributed by atoms with Gasteiger partial charge in [0.15, 0.2) is 11.8 Å². The number of carbonyl (C=O) groups is 1. The van der Waals surface area contributed by atoms with E-state index < -0.39 is 17.7 Å². The van der Waals surface area contributed by atoms with Crippen molar-refractivity contribution in [3.8, 4) is 28.1 Å². The number of fused-ring (bicyclic) bond motifs is 8. The summed E-state index contributed by atoms with van der Waals surface area (Å²) in [5, 5.41) is 5.17. The van der Waals surface area contributed by atoms with E-state index in [2.05, 4.69) is 49.1 Å². The van der Waals surface area contributed by atoms with Crippen LogP contribution in [0.2, 0.25) is 0 Å². The van der Waals surface area contributed by atoms with Crippen LogP contribution in [0.3, 0.4) is 0 Å². The minimum Gasteiger partial charge on any atom is -0.490 e. The number of esters is 1. The molecule has 1 saturated heterocycles. The van der Waals surface area contributed by atoms with Gasteiger partial charge < -0.3 is 23.8 Å². The van der Waals surface area contributed by atoms with Crippen molar-refractivity contribution in [2.75, 3.05) is 31.7 Å². The van der Waals surface area contributed by atoms with Crippen LogP contribution in [0.5, 0.6) is 5.75 Å². The number of carbonyl (C=O) groups excluding carboxylic acids is 1. The summed E-state index contributed by atoms with van der Waals surface area (Å²) in [6.07, 6.45) is 3.75. The highest BCUT2D eigenvalue weighted by Crippen LogP contribution is 2.39. The number of aryl methyl sites for hydroxylation is 1. The third kappa shape index (κ3) is 7.16. The molecular formula is C38H48N4O5. The second-order valence-electron chi connectivity index (χ2n) is 14.2. The molecular weight excluding hydrogens is 592 g/mol. The Morgan fingerprint density at radius 2 is 1.79 bits per heavy atom. The topological polar surface area (TPSA) is 87.4 Å². The molecule has 5 heterocycles. The van der Waals surface area contributed by atoms with E-state index in [1.807, 2.05) is 56.5 Å². The standard InChI is InChI=1S/C38H48N4O5/c1-25-13-10-11-22-45-38(6)18-20-41(21-19-38)35-33(34(36(43)44-7)47-37(3,4)5)26(2)39-32-24-30(40-42(32)35)28-15-12-14-27(23-28)29-16-8-9-17-31(29)46-25/h8-9,12,14-17,23-25,34H,10-11,13,18-22H2,1-7H3. The van der Waals surface area contributed by atoms with Gasteiger partial charge in [-0.2, -0.15) is 9.61 Å². The summed E-state index contributed by atoms with van der Waals surface area (Å²) in [7, 11) is 1.40. The number of aromatic nitrogens is 3. The zero-order valence-corrected chi connectivity index (χ0v) is 28.8. The Morgan fingerprint density at radius 3 is 2.53 bits per heavy atom.